The van der Waals surface area contributed by atoms with E-state index in [1.54, 1.807) is 0 Å². The third kappa shape index (κ3) is 1.81. The summed E-state index contributed by atoms with van der Waals surface area (Å²) in [7, 11) is 0. The van der Waals surface area contributed by atoms with Gasteiger partial charge in [-0.2, -0.15) is 0 Å². The fourth-order valence-corrected chi connectivity index (χ4v) is 1.55. The monoisotopic (exact) mass is 222 g/mol. The van der Waals surface area contributed by atoms with E-state index in [-0.39, 0.29) is 16.9 Å². The zero-order chi connectivity index (χ0) is 11.8. The molecule has 5 nitrogen and oxygen atoms in total. The molecule has 0 aromatic heterocycles. The Labute approximate surface area is 92.9 Å². The molecule has 1 aromatic carbocycles. The molecule has 86 valence electrons. The number of carbonyl (C=O) groups excluding carboxylic acids is 1. The highest BCUT2D eigenvalue weighted by Crippen LogP contribution is 2.35. The Morgan fingerprint density at radius 2 is 2.12 bits per heavy atom. The molecule has 16 heavy (non-hydrogen) atoms. The van der Waals surface area contributed by atoms with Gasteiger partial charge in [-0.15, -0.1) is 0 Å². The van der Waals surface area contributed by atoms with Gasteiger partial charge in [0.2, 0.25) is 0 Å². The van der Waals surface area contributed by atoms with E-state index in [1.165, 1.54) is 18.2 Å². The van der Waals surface area contributed by atoms with Gasteiger partial charge < -0.3 is 21.3 Å². The first-order valence-corrected chi connectivity index (χ1v) is 5.11. The topological polar surface area (TPSA) is 95.6 Å². The lowest BCUT2D eigenvalue weighted by molar-refractivity contribution is 0.0929. The molecule has 1 aromatic rings. The van der Waals surface area contributed by atoms with Crippen LogP contribution < -0.4 is 11.1 Å². The molecule has 0 saturated heterocycles. The molecule has 5 N–H and O–H groups in total. The summed E-state index contributed by atoms with van der Waals surface area (Å²) < 4.78 is 0. The van der Waals surface area contributed by atoms with Crippen LogP contribution in [0.25, 0.3) is 0 Å². The van der Waals surface area contributed by atoms with Crippen molar-refractivity contribution < 1.29 is 15.0 Å². The van der Waals surface area contributed by atoms with Crippen LogP contribution in [0.15, 0.2) is 18.2 Å². The van der Waals surface area contributed by atoms with Gasteiger partial charge in [-0.3, -0.25) is 4.79 Å². The number of phenols is 2. The van der Waals surface area contributed by atoms with Gasteiger partial charge in [-0.05, 0) is 25.0 Å². The number of benzene rings is 1. The second kappa shape index (κ2) is 3.68. The maximum Gasteiger partial charge on any atom is 0.255 e. The second-order valence-corrected chi connectivity index (χ2v) is 4.11. The number of amides is 1. The summed E-state index contributed by atoms with van der Waals surface area (Å²) in [5.74, 6) is -1.10. The van der Waals surface area contributed by atoms with E-state index in [9.17, 15) is 15.0 Å². The molecular formula is C11H14N2O3. The normalized spacial score (nSPS) is 16.8. The van der Waals surface area contributed by atoms with Crippen LogP contribution in [0.1, 0.15) is 23.2 Å². The largest absolute Gasteiger partial charge is 0.504 e. The van der Waals surface area contributed by atoms with Crippen molar-refractivity contribution in [3.05, 3.63) is 23.8 Å². The fourth-order valence-electron chi connectivity index (χ4n) is 1.55. The van der Waals surface area contributed by atoms with Crippen LogP contribution >= 0.6 is 0 Å². The molecule has 0 bridgehead atoms. The molecule has 0 unspecified atom stereocenters. The zero-order valence-corrected chi connectivity index (χ0v) is 8.73. The minimum absolute atomic E-state index is 0.0692. The minimum Gasteiger partial charge on any atom is -0.504 e. The summed E-state index contributed by atoms with van der Waals surface area (Å²) in [5, 5.41) is 21.5. The molecular weight excluding hydrogens is 208 g/mol. The molecule has 2 rings (SSSR count). The van der Waals surface area contributed by atoms with Gasteiger partial charge in [-0.1, -0.05) is 6.07 Å². The number of carbonyl (C=O) groups is 1. The van der Waals surface area contributed by atoms with Crippen molar-refractivity contribution in [3.8, 4) is 11.5 Å². The van der Waals surface area contributed by atoms with Crippen molar-refractivity contribution >= 4 is 5.91 Å². The number of nitrogens with two attached hydrogens (primary N) is 1. The number of hydrogen-bond donors (Lipinski definition) is 4. The molecule has 5 heteroatoms. The van der Waals surface area contributed by atoms with Crippen molar-refractivity contribution in [3.63, 3.8) is 0 Å². The van der Waals surface area contributed by atoms with Crippen LogP contribution in [0.5, 0.6) is 11.5 Å². The molecule has 1 saturated carbocycles. The van der Waals surface area contributed by atoms with Gasteiger partial charge >= 0.3 is 0 Å². The van der Waals surface area contributed by atoms with Crippen LogP contribution in [-0.4, -0.2) is 28.2 Å². The van der Waals surface area contributed by atoms with Crippen LogP contribution in [-0.2, 0) is 0 Å². The van der Waals surface area contributed by atoms with E-state index >= 15 is 0 Å². The summed E-state index contributed by atoms with van der Waals surface area (Å²) in [5.41, 5.74) is 5.30. The number of hydrogen-bond acceptors (Lipinski definition) is 4. The van der Waals surface area contributed by atoms with Gasteiger partial charge in [0.25, 0.3) is 5.91 Å². The Morgan fingerprint density at radius 3 is 2.69 bits per heavy atom. The Hall–Kier alpha value is -1.75. The highest BCUT2D eigenvalue weighted by molar-refractivity contribution is 5.98. The van der Waals surface area contributed by atoms with Crippen LogP contribution in [0.4, 0.5) is 0 Å². The lowest BCUT2D eigenvalue weighted by Gasteiger charge is -2.15. The van der Waals surface area contributed by atoms with E-state index in [0.29, 0.717) is 6.54 Å². The Kier molecular flexibility index (Phi) is 2.47. The number of para-hydroxylation sites is 1. The predicted molar refractivity (Wildman–Crippen MR) is 58.3 cm³/mol. The van der Waals surface area contributed by atoms with Crippen LogP contribution in [0, 0.1) is 0 Å². The minimum atomic E-state index is -0.406. The van der Waals surface area contributed by atoms with Gasteiger partial charge in [0.05, 0.1) is 11.1 Å². The lowest BCUT2D eigenvalue weighted by atomic mass is 10.1. The van der Waals surface area contributed by atoms with Crippen LogP contribution in [0.3, 0.4) is 0 Å². The number of rotatable bonds is 3. The number of nitrogens with one attached hydrogen (secondary N) is 1. The second-order valence-electron chi connectivity index (χ2n) is 4.11. The van der Waals surface area contributed by atoms with E-state index in [1.807, 2.05) is 0 Å². The van der Waals surface area contributed by atoms with Crippen molar-refractivity contribution in [1.82, 2.24) is 5.32 Å². The summed E-state index contributed by atoms with van der Waals surface area (Å²) in [6.45, 7) is 0.387. The average molecular weight is 222 g/mol. The quantitative estimate of drug-likeness (QED) is 0.554. The van der Waals surface area contributed by atoms with Gasteiger partial charge in [0.15, 0.2) is 11.5 Å². The van der Waals surface area contributed by atoms with Crippen molar-refractivity contribution in [2.75, 3.05) is 6.54 Å². The summed E-state index contributed by atoms with van der Waals surface area (Å²) >= 11 is 0. The lowest BCUT2D eigenvalue weighted by Crippen LogP contribution is -2.42. The Bertz CT molecular complexity index is 427. The highest BCUT2D eigenvalue weighted by Gasteiger charge is 2.43. The first-order valence-electron chi connectivity index (χ1n) is 5.11. The Balaban J connectivity index is 2.18. The first kappa shape index (κ1) is 10.8. The van der Waals surface area contributed by atoms with E-state index in [2.05, 4.69) is 5.32 Å². The third-order valence-electron chi connectivity index (χ3n) is 2.88. The van der Waals surface area contributed by atoms with Crippen molar-refractivity contribution in [2.24, 2.45) is 5.73 Å². The van der Waals surface area contributed by atoms with E-state index in [0.717, 1.165) is 12.8 Å². The van der Waals surface area contributed by atoms with E-state index < -0.39 is 11.7 Å². The summed E-state index contributed by atoms with van der Waals surface area (Å²) in [6.07, 6.45) is 1.71. The average Bonchev–Trinajstić information content (AvgIpc) is 3.02. The highest BCUT2D eigenvalue weighted by atomic mass is 16.3. The smallest absolute Gasteiger partial charge is 0.255 e. The molecule has 1 aliphatic rings. The molecule has 0 aliphatic heterocycles. The molecule has 1 amide bonds. The number of aromatic hydroxyl groups is 2. The van der Waals surface area contributed by atoms with E-state index in [4.69, 9.17) is 5.73 Å². The standard InChI is InChI=1S/C11H14N2O3/c12-6-11(4-5-11)13-10(16)7-2-1-3-8(14)9(7)15/h1-3,14-15H,4-6,12H2,(H,13,16). The van der Waals surface area contributed by atoms with Gasteiger partial charge in [0.1, 0.15) is 0 Å². The SMILES string of the molecule is NCC1(NC(=O)c2cccc(O)c2O)CC1. The molecule has 1 fully saturated rings. The fraction of sp³-hybridized carbons (Fsp3) is 0.364. The number of phenolic OH excluding ortho intramolecular Hbond substituents is 2. The zero-order valence-electron chi connectivity index (χ0n) is 8.73. The molecule has 0 atom stereocenters. The van der Waals surface area contributed by atoms with Gasteiger partial charge in [-0.25, -0.2) is 0 Å². The third-order valence-corrected chi connectivity index (χ3v) is 2.88. The molecule has 0 radical (unpaired) electrons. The molecule has 0 heterocycles. The molecule has 1 aliphatic carbocycles. The summed E-state index contributed by atoms with van der Waals surface area (Å²) in [4.78, 5) is 11.8. The molecule has 0 spiro atoms. The first-order chi connectivity index (χ1) is 7.58. The van der Waals surface area contributed by atoms with Crippen molar-refractivity contribution in [1.29, 1.82) is 0 Å². The maximum atomic E-state index is 11.8. The van der Waals surface area contributed by atoms with Crippen LogP contribution in [0.2, 0.25) is 0 Å². The summed E-state index contributed by atoms with van der Waals surface area (Å²) in [6, 6.07) is 4.28. The Morgan fingerprint density at radius 1 is 1.44 bits per heavy atom. The van der Waals surface area contributed by atoms with Gasteiger partial charge in [0, 0.05) is 6.54 Å². The maximum absolute atomic E-state index is 11.8. The predicted octanol–water partition coefficient (Wildman–Crippen LogP) is 0.319. The van der Waals surface area contributed by atoms with Crippen molar-refractivity contribution in [2.45, 2.75) is 18.4 Å².